The Kier molecular flexibility index (Phi) is 9.88. The maximum atomic E-state index is 13.5. The van der Waals surface area contributed by atoms with Crippen LogP contribution in [0.2, 0.25) is 0 Å². The summed E-state index contributed by atoms with van der Waals surface area (Å²) >= 11 is 3.49. The predicted molar refractivity (Wildman–Crippen MR) is 137 cm³/mol. The van der Waals surface area contributed by atoms with E-state index in [0.717, 1.165) is 12.8 Å². The van der Waals surface area contributed by atoms with Gasteiger partial charge in [-0.25, -0.2) is 4.39 Å². The minimum atomic E-state index is -0.433. The van der Waals surface area contributed by atoms with Crippen molar-refractivity contribution in [2.24, 2.45) is 0 Å². The van der Waals surface area contributed by atoms with E-state index in [1.54, 1.807) is 24.3 Å². The van der Waals surface area contributed by atoms with Crippen LogP contribution in [0.1, 0.15) is 30.0 Å². The van der Waals surface area contributed by atoms with Gasteiger partial charge in [0.2, 0.25) is 0 Å². The summed E-state index contributed by atoms with van der Waals surface area (Å²) in [7, 11) is 0. The van der Waals surface area contributed by atoms with E-state index in [-0.39, 0.29) is 18.0 Å². The van der Waals surface area contributed by atoms with Crippen molar-refractivity contribution in [3.63, 3.8) is 0 Å². The molecule has 3 aromatic carbocycles. The molecule has 0 aliphatic carbocycles. The van der Waals surface area contributed by atoms with Crippen LogP contribution in [0.15, 0.2) is 76.8 Å². The van der Waals surface area contributed by atoms with Crippen LogP contribution < -0.4 is 14.8 Å². The highest BCUT2D eigenvalue weighted by molar-refractivity contribution is 9.10. The maximum absolute atomic E-state index is 13.5. The Balaban J connectivity index is 1.69. The molecule has 7 heteroatoms. The molecule has 0 aromatic heterocycles. The fourth-order valence-corrected chi connectivity index (χ4v) is 3.81. The first-order chi connectivity index (χ1) is 17.0. The topological polar surface area (TPSA) is 71.3 Å². The number of halogens is 2. The summed E-state index contributed by atoms with van der Waals surface area (Å²) < 4.78 is 25.6. The van der Waals surface area contributed by atoms with Crippen molar-refractivity contribution in [1.29, 1.82) is 5.26 Å². The second-order valence-electron chi connectivity index (χ2n) is 7.69. The van der Waals surface area contributed by atoms with Crippen LogP contribution in [0.4, 0.5) is 4.39 Å². The first-order valence-corrected chi connectivity index (χ1v) is 12.1. The van der Waals surface area contributed by atoms with Gasteiger partial charge in [-0.3, -0.25) is 4.79 Å². The molecule has 180 valence electrons. The van der Waals surface area contributed by atoms with Gasteiger partial charge in [0.1, 0.15) is 24.1 Å². The SMILES string of the molecule is CCOc1cc(/C=C(/C#N)C(=O)NCCCc2ccccc2)c(Br)cc1OCc1cccc(F)c1. The quantitative estimate of drug-likeness (QED) is 0.179. The van der Waals surface area contributed by atoms with Gasteiger partial charge in [-0.15, -0.1) is 0 Å². The molecule has 0 saturated carbocycles. The van der Waals surface area contributed by atoms with Crippen molar-refractivity contribution in [2.45, 2.75) is 26.4 Å². The van der Waals surface area contributed by atoms with Crippen molar-refractivity contribution in [3.05, 3.63) is 99.3 Å². The van der Waals surface area contributed by atoms with Crippen molar-refractivity contribution < 1.29 is 18.7 Å². The minimum Gasteiger partial charge on any atom is -0.490 e. The molecular formula is C28H26BrFN2O3. The first kappa shape index (κ1) is 26.0. The van der Waals surface area contributed by atoms with E-state index in [1.807, 2.05) is 43.3 Å². The number of nitriles is 1. The van der Waals surface area contributed by atoms with E-state index >= 15 is 0 Å². The lowest BCUT2D eigenvalue weighted by Gasteiger charge is -2.14. The lowest BCUT2D eigenvalue weighted by Crippen LogP contribution is -2.25. The highest BCUT2D eigenvalue weighted by atomic mass is 79.9. The van der Waals surface area contributed by atoms with Gasteiger partial charge in [-0.05, 0) is 66.8 Å². The molecule has 0 spiro atoms. The number of carbonyl (C=O) groups excluding carboxylic acids is 1. The average Bonchev–Trinajstić information content (AvgIpc) is 2.86. The Morgan fingerprint density at radius 1 is 1.06 bits per heavy atom. The monoisotopic (exact) mass is 536 g/mol. The number of amides is 1. The summed E-state index contributed by atoms with van der Waals surface area (Å²) in [6, 6.07) is 21.6. The molecule has 1 amide bonds. The van der Waals surface area contributed by atoms with Crippen LogP contribution in [0.3, 0.4) is 0 Å². The number of carbonyl (C=O) groups is 1. The smallest absolute Gasteiger partial charge is 0.261 e. The van der Waals surface area contributed by atoms with Crippen LogP contribution >= 0.6 is 15.9 Å². The summed E-state index contributed by atoms with van der Waals surface area (Å²) in [5.74, 6) is 0.153. The second kappa shape index (κ2) is 13.3. The average molecular weight is 537 g/mol. The van der Waals surface area contributed by atoms with Gasteiger partial charge in [0.15, 0.2) is 11.5 Å². The number of ether oxygens (including phenoxy) is 2. The summed E-state index contributed by atoms with van der Waals surface area (Å²) in [4.78, 5) is 12.6. The van der Waals surface area contributed by atoms with Gasteiger partial charge in [-0.1, -0.05) is 58.4 Å². The van der Waals surface area contributed by atoms with Crippen molar-refractivity contribution in [3.8, 4) is 17.6 Å². The molecular weight excluding hydrogens is 511 g/mol. The molecule has 3 aromatic rings. The van der Waals surface area contributed by atoms with E-state index in [1.165, 1.54) is 23.8 Å². The molecule has 0 bridgehead atoms. The number of rotatable bonds is 11. The fraction of sp³-hybridized carbons (Fsp3) is 0.214. The van der Waals surface area contributed by atoms with Crippen molar-refractivity contribution >= 4 is 27.9 Å². The van der Waals surface area contributed by atoms with Gasteiger partial charge >= 0.3 is 0 Å². The molecule has 0 aliphatic rings. The molecule has 0 aliphatic heterocycles. The summed E-state index contributed by atoms with van der Waals surface area (Å²) in [5, 5.41) is 12.4. The number of nitrogens with one attached hydrogen (secondary N) is 1. The maximum Gasteiger partial charge on any atom is 0.261 e. The molecule has 0 atom stereocenters. The Morgan fingerprint density at radius 3 is 2.51 bits per heavy atom. The van der Waals surface area contributed by atoms with Gasteiger partial charge in [0, 0.05) is 11.0 Å². The summed E-state index contributed by atoms with van der Waals surface area (Å²) in [6.07, 6.45) is 3.12. The molecule has 0 fully saturated rings. The molecule has 1 N–H and O–H groups in total. The Labute approximate surface area is 213 Å². The number of hydrogen-bond acceptors (Lipinski definition) is 4. The molecule has 0 saturated heterocycles. The third kappa shape index (κ3) is 7.97. The lowest BCUT2D eigenvalue weighted by molar-refractivity contribution is -0.117. The van der Waals surface area contributed by atoms with Crippen molar-refractivity contribution in [1.82, 2.24) is 5.32 Å². The Morgan fingerprint density at radius 2 is 1.80 bits per heavy atom. The van der Waals surface area contributed by atoms with Crippen molar-refractivity contribution in [2.75, 3.05) is 13.2 Å². The molecule has 0 radical (unpaired) electrons. The third-order valence-corrected chi connectivity index (χ3v) is 5.77. The van der Waals surface area contributed by atoms with E-state index < -0.39 is 5.91 Å². The largest absolute Gasteiger partial charge is 0.490 e. The van der Waals surface area contributed by atoms with Crippen LogP contribution in [0.5, 0.6) is 11.5 Å². The van der Waals surface area contributed by atoms with Crippen LogP contribution in [-0.2, 0) is 17.8 Å². The highest BCUT2D eigenvalue weighted by Crippen LogP contribution is 2.35. The highest BCUT2D eigenvalue weighted by Gasteiger charge is 2.14. The molecule has 0 heterocycles. The molecule has 35 heavy (non-hydrogen) atoms. The minimum absolute atomic E-state index is 0.0127. The van der Waals surface area contributed by atoms with Gasteiger partial charge in [0.25, 0.3) is 5.91 Å². The Bertz CT molecular complexity index is 1220. The number of nitrogens with zero attached hydrogens (tertiary/aromatic N) is 1. The van der Waals surface area contributed by atoms with Gasteiger partial charge < -0.3 is 14.8 Å². The zero-order chi connectivity index (χ0) is 25.0. The zero-order valence-corrected chi connectivity index (χ0v) is 21.0. The third-order valence-electron chi connectivity index (χ3n) is 5.08. The van der Waals surface area contributed by atoms with E-state index in [0.29, 0.717) is 40.3 Å². The number of hydrogen-bond donors (Lipinski definition) is 1. The van der Waals surface area contributed by atoms with Crippen LogP contribution in [0.25, 0.3) is 6.08 Å². The summed E-state index contributed by atoms with van der Waals surface area (Å²) in [5.41, 5.74) is 2.47. The lowest BCUT2D eigenvalue weighted by atomic mass is 10.1. The standard InChI is InChI=1S/C28H26BrFN2O3/c1-2-34-26-16-22(25(29)17-27(26)35-19-21-10-6-12-24(30)14-21)15-23(18-31)28(33)32-13-7-11-20-8-4-3-5-9-20/h3-6,8-10,12,14-17H,2,7,11,13,19H2,1H3,(H,32,33)/b23-15-. The second-order valence-corrected chi connectivity index (χ2v) is 8.54. The predicted octanol–water partition coefficient (Wildman–Crippen LogP) is 6.22. The van der Waals surface area contributed by atoms with E-state index in [4.69, 9.17) is 9.47 Å². The zero-order valence-electron chi connectivity index (χ0n) is 19.4. The van der Waals surface area contributed by atoms with Crippen LogP contribution in [0, 0.1) is 17.1 Å². The Hall–Kier alpha value is -3.63. The number of benzene rings is 3. The van der Waals surface area contributed by atoms with E-state index in [9.17, 15) is 14.4 Å². The first-order valence-electron chi connectivity index (χ1n) is 11.3. The summed E-state index contributed by atoms with van der Waals surface area (Å²) in [6.45, 7) is 2.87. The molecule has 5 nitrogen and oxygen atoms in total. The van der Waals surface area contributed by atoms with Gasteiger partial charge in [0.05, 0.1) is 6.61 Å². The fourth-order valence-electron chi connectivity index (χ4n) is 3.37. The van der Waals surface area contributed by atoms with Crippen LogP contribution in [-0.4, -0.2) is 19.1 Å². The molecule has 3 rings (SSSR count). The van der Waals surface area contributed by atoms with E-state index in [2.05, 4.69) is 21.2 Å². The number of aryl methyl sites for hydroxylation is 1. The normalized spacial score (nSPS) is 11.0. The van der Waals surface area contributed by atoms with Gasteiger partial charge in [-0.2, -0.15) is 5.26 Å². The molecule has 0 unspecified atom stereocenters.